The van der Waals surface area contributed by atoms with Crippen molar-refractivity contribution in [3.63, 3.8) is 0 Å². The molecule has 288 valence electrons. The first-order valence-electron chi connectivity index (χ1n) is 19.0. The average Bonchev–Trinajstić information content (AvgIpc) is 4.00. The van der Waals surface area contributed by atoms with E-state index in [1.807, 2.05) is 36.4 Å². The molecule has 5 atom stereocenters. The number of halogens is 2. The van der Waals surface area contributed by atoms with Gasteiger partial charge in [0.15, 0.2) is 0 Å². The molecule has 8 rings (SSSR count). The van der Waals surface area contributed by atoms with Gasteiger partial charge in [0, 0.05) is 54.4 Å². The summed E-state index contributed by atoms with van der Waals surface area (Å²) >= 11 is 14.0. The number of nitrogens with one attached hydrogen (secondary N) is 3. The Kier molecular flexibility index (Phi) is 10.6. The Labute approximate surface area is 330 Å². The van der Waals surface area contributed by atoms with Crippen molar-refractivity contribution in [3.05, 3.63) is 86.9 Å². The minimum absolute atomic E-state index is 0.0986. The van der Waals surface area contributed by atoms with E-state index in [-0.39, 0.29) is 36.4 Å². The number of amides is 1. The number of rotatable bonds is 14. The lowest BCUT2D eigenvalue weighted by Gasteiger charge is -2.34. The third-order valence-corrected chi connectivity index (χ3v) is 12.6. The fourth-order valence-corrected chi connectivity index (χ4v) is 9.77. The lowest BCUT2D eigenvalue weighted by molar-refractivity contribution is -0.147. The molecule has 3 fully saturated rings. The maximum absolute atomic E-state index is 12.4. The summed E-state index contributed by atoms with van der Waals surface area (Å²) in [5, 5.41) is 20.9. The van der Waals surface area contributed by atoms with Crippen molar-refractivity contribution < 1.29 is 28.9 Å². The highest BCUT2D eigenvalue weighted by atomic mass is 35.5. The minimum atomic E-state index is -0.938. The fraction of sp³-hybridized carbons (Fsp3) is 0.429. The number of carboxylic acids is 1. The molecule has 11 nitrogen and oxygen atoms in total. The maximum atomic E-state index is 12.4. The summed E-state index contributed by atoms with van der Waals surface area (Å²) in [5.41, 5.74) is 6.25. The van der Waals surface area contributed by atoms with Crippen LogP contribution >= 0.6 is 23.2 Å². The molecular formula is C42H45Cl2N5O6. The van der Waals surface area contributed by atoms with Crippen molar-refractivity contribution in [2.75, 3.05) is 20.8 Å². The van der Waals surface area contributed by atoms with Crippen LogP contribution in [-0.4, -0.2) is 59.3 Å². The first-order chi connectivity index (χ1) is 26.7. The van der Waals surface area contributed by atoms with Crippen LogP contribution in [-0.2, 0) is 29.1 Å². The molecule has 2 bridgehead atoms. The van der Waals surface area contributed by atoms with E-state index in [9.17, 15) is 14.7 Å². The lowest BCUT2D eigenvalue weighted by atomic mass is 9.81. The number of carbonyl (C=O) groups is 2. The van der Waals surface area contributed by atoms with Crippen LogP contribution in [0.2, 0.25) is 10.0 Å². The average molecular weight is 787 g/mol. The molecular weight excluding hydrogens is 741 g/mol. The van der Waals surface area contributed by atoms with Crippen molar-refractivity contribution in [1.29, 1.82) is 0 Å². The summed E-state index contributed by atoms with van der Waals surface area (Å²) in [7, 11) is 3.15. The highest BCUT2D eigenvalue weighted by Gasteiger charge is 2.55. The predicted octanol–water partition coefficient (Wildman–Crippen LogP) is 7.30. The fourth-order valence-electron chi connectivity index (χ4n) is 9.22. The molecule has 4 N–H and O–H groups in total. The Morgan fingerprint density at radius 1 is 0.909 bits per heavy atom. The Bertz CT molecular complexity index is 2130. The maximum Gasteiger partial charge on any atom is 0.324 e. The number of aromatic nitrogens is 2. The third kappa shape index (κ3) is 7.23. The monoisotopic (exact) mass is 785 g/mol. The van der Waals surface area contributed by atoms with E-state index in [0.29, 0.717) is 64.9 Å². The van der Waals surface area contributed by atoms with Gasteiger partial charge in [0.1, 0.15) is 16.7 Å². The molecule has 1 aliphatic heterocycles. The van der Waals surface area contributed by atoms with Gasteiger partial charge >= 0.3 is 5.97 Å². The van der Waals surface area contributed by atoms with E-state index in [0.717, 1.165) is 71.9 Å². The lowest BCUT2D eigenvalue weighted by Crippen LogP contribution is -2.55. The summed E-state index contributed by atoms with van der Waals surface area (Å²) in [6.45, 7) is 1.50. The van der Waals surface area contributed by atoms with Crippen molar-refractivity contribution in [2.24, 2.45) is 11.8 Å². The van der Waals surface area contributed by atoms with Crippen LogP contribution < -0.4 is 30.2 Å². The van der Waals surface area contributed by atoms with Gasteiger partial charge in [-0.25, -0.2) is 4.98 Å². The quantitative estimate of drug-likeness (QED) is 0.103. The second kappa shape index (κ2) is 15.6. The minimum Gasteiger partial charge on any atom is -0.481 e. The highest BCUT2D eigenvalue weighted by Crippen LogP contribution is 2.51. The van der Waals surface area contributed by atoms with E-state index >= 15 is 0 Å². The molecule has 3 heterocycles. The molecule has 4 aliphatic rings. The largest absolute Gasteiger partial charge is 0.481 e. The van der Waals surface area contributed by atoms with Gasteiger partial charge in [0.05, 0.1) is 24.9 Å². The van der Waals surface area contributed by atoms with Crippen LogP contribution in [0.4, 0.5) is 0 Å². The van der Waals surface area contributed by atoms with Gasteiger partial charge in [-0.3, -0.25) is 14.9 Å². The summed E-state index contributed by atoms with van der Waals surface area (Å²) < 4.78 is 17.8. The molecule has 1 amide bonds. The molecule has 0 radical (unpaired) electrons. The number of aliphatic carboxylic acids is 1. The molecule has 2 aromatic carbocycles. The molecule has 13 heteroatoms. The molecule has 3 aliphatic carbocycles. The number of benzene rings is 2. The first-order valence-corrected chi connectivity index (χ1v) is 19.8. The smallest absolute Gasteiger partial charge is 0.324 e. The number of carbonyl (C=O) groups excluding carboxylic acids is 1. The van der Waals surface area contributed by atoms with Gasteiger partial charge in [0.25, 0.3) is 0 Å². The van der Waals surface area contributed by atoms with Crippen molar-refractivity contribution >= 4 is 35.1 Å². The van der Waals surface area contributed by atoms with Crippen molar-refractivity contribution in [1.82, 2.24) is 25.9 Å². The molecule has 1 saturated heterocycles. The number of carboxylic acid groups (broad SMARTS) is 1. The van der Waals surface area contributed by atoms with Crippen LogP contribution in [0.1, 0.15) is 73.3 Å². The Balaban J connectivity index is 0.989. The molecule has 0 spiro atoms. The molecule has 55 heavy (non-hydrogen) atoms. The molecule has 3 unspecified atom stereocenters. The van der Waals surface area contributed by atoms with Crippen molar-refractivity contribution in [3.8, 4) is 40.0 Å². The number of hydrogen-bond donors (Lipinski definition) is 4. The van der Waals surface area contributed by atoms with Crippen LogP contribution in [0, 0.1) is 11.8 Å². The van der Waals surface area contributed by atoms with E-state index in [1.165, 1.54) is 0 Å². The number of ether oxygens (including phenoxy) is 3. The van der Waals surface area contributed by atoms with Crippen LogP contribution in [0.5, 0.6) is 17.6 Å². The number of nitrogens with zero attached hydrogens (tertiary/aromatic N) is 2. The van der Waals surface area contributed by atoms with Crippen molar-refractivity contribution in [2.45, 2.75) is 82.1 Å². The summed E-state index contributed by atoms with van der Waals surface area (Å²) in [4.78, 5) is 33.5. The van der Waals surface area contributed by atoms with Crippen LogP contribution in [0.15, 0.2) is 54.6 Å². The Hall–Kier alpha value is -4.42. The highest BCUT2D eigenvalue weighted by molar-refractivity contribution is 6.36. The van der Waals surface area contributed by atoms with Crippen LogP contribution in [0.3, 0.4) is 0 Å². The second-order valence-corrected chi connectivity index (χ2v) is 15.9. The number of fused-ring (bicyclic) bond motifs is 3. The molecule has 2 saturated carbocycles. The van der Waals surface area contributed by atoms with Gasteiger partial charge in [-0.1, -0.05) is 72.1 Å². The summed E-state index contributed by atoms with van der Waals surface area (Å²) in [6, 6.07) is 18.0. The van der Waals surface area contributed by atoms with Gasteiger partial charge in [-0.05, 0) is 79.2 Å². The van der Waals surface area contributed by atoms with E-state index in [2.05, 4.69) is 33.1 Å². The Morgan fingerprint density at radius 3 is 2.42 bits per heavy atom. The molecule has 4 aromatic rings. The van der Waals surface area contributed by atoms with E-state index in [1.54, 1.807) is 20.3 Å². The predicted molar refractivity (Wildman–Crippen MR) is 210 cm³/mol. The van der Waals surface area contributed by atoms with E-state index < -0.39 is 11.5 Å². The normalized spacial score (nSPS) is 23.8. The zero-order chi connectivity index (χ0) is 38.3. The van der Waals surface area contributed by atoms with E-state index in [4.69, 9.17) is 42.4 Å². The topological polar surface area (TPSA) is 144 Å². The Morgan fingerprint density at radius 2 is 1.69 bits per heavy atom. The summed E-state index contributed by atoms with van der Waals surface area (Å²) in [5.74, 6) is 1.00. The number of methoxy groups -OCH3 is 2. The number of pyridine rings is 2. The second-order valence-electron chi connectivity index (χ2n) is 15.1. The van der Waals surface area contributed by atoms with Gasteiger partial charge < -0.3 is 30.0 Å². The standard InChI is InChI=1S/C42H45Cl2N5O6/c1-53-38-24(20-45-22-27-12-16-36(50)47-27)10-14-34(48-38)32-8-4-7-31(37(32)44)28-5-3-6-30-29(28)13-15-35(30)55-40-33(43)18-25(39(49-40)54-2)21-46-42(41(51)52)19-23-9-11-26(42)17-23/h3-8,10,14,18,23,26-27,35,45-46H,9,11-13,15-17,19-22H2,1-2H3,(H,47,50)(H,51,52)/t23?,26?,27-,35-,42?/m0/s1. The summed E-state index contributed by atoms with van der Waals surface area (Å²) in [6.07, 6.45) is 6.22. The SMILES string of the molecule is COc1nc(-c2cccc(-c3cccc4c3CC[C@@H]4Oc3nc(OC)c(CNC4(C(=O)O)CC5CCC4C5)cc3Cl)c2Cl)ccc1CNC[C@@H]1CCC(=O)N1. The van der Waals surface area contributed by atoms with Gasteiger partial charge in [-0.15, -0.1) is 0 Å². The van der Waals surface area contributed by atoms with Crippen LogP contribution in [0.25, 0.3) is 22.4 Å². The first kappa shape index (κ1) is 37.5. The number of hydrogen-bond acceptors (Lipinski definition) is 9. The zero-order valence-corrected chi connectivity index (χ0v) is 32.4. The molecule has 2 aromatic heterocycles. The third-order valence-electron chi connectivity index (χ3n) is 12.0. The van der Waals surface area contributed by atoms with Gasteiger partial charge in [0.2, 0.25) is 23.5 Å². The zero-order valence-electron chi connectivity index (χ0n) is 30.9. The van der Waals surface area contributed by atoms with Gasteiger partial charge in [-0.2, -0.15) is 4.98 Å².